The van der Waals surface area contributed by atoms with Crippen molar-refractivity contribution in [1.29, 1.82) is 0 Å². The van der Waals surface area contributed by atoms with Crippen molar-refractivity contribution in [3.63, 3.8) is 0 Å². The topological polar surface area (TPSA) is 71.1 Å². The highest BCUT2D eigenvalue weighted by atomic mass is 16.5. The smallest absolute Gasteiger partial charge is 0.140 e. The van der Waals surface area contributed by atoms with Crippen molar-refractivity contribution in [2.45, 2.75) is 51.7 Å². The molecule has 5 heteroatoms. The van der Waals surface area contributed by atoms with E-state index in [0.717, 1.165) is 39.0 Å². The Morgan fingerprint density at radius 1 is 1.47 bits per heavy atom. The minimum atomic E-state index is 0.323. The lowest BCUT2D eigenvalue weighted by molar-refractivity contribution is 0.00418. The van der Waals surface area contributed by atoms with Crippen LogP contribution in [0.1, 0.15) is 39.5 Å². The fourth-order valence-corrected chi connectivity index (χ4v) is 2.46. The lowest BCUT2D eigenvalue weighted by Gasteiger charge is -2.36. The zero-order valence-corrected chi connectivity index (χ0v) is 10.9. The van der Waals surface area contributed by atoms with E-state index in [1.165, 1.54) is 0 Å². The molecule has 0 aromatic carbocycles. The van der Waals surface area contributed by atoms with Crippen LogP contribution < -0.4 is 5.73 Å². The van der Waals surface area contributed by atoms with Gasteiger partial charge in [-0.2, -0.15) is 0 Å². The second-order valence-corrected chi connectivity index (χ2v) is 4.55. The largest absolute Gasteiger partial charge is 0.409 e. The van der Waals surface area contributed by atoms with Crippen LogP contribution in [0.25, 0.3) is 0 Å². The number of oxime groups is 1. The standard InChI is InChI=1S/C12H25N3O2/c1-3-10(9-12(13)14-16)15-7-5-11(6-8-15)17-4-2/h10-11,16H,3-9H2,1-2H3,(H2,13,14). The van der Waals surface area contributed by atoms with Crippen LogP contribution >= 0.6 is 0 Å². The van der Waals surface area contributed by atoms with E-state index in [1.54, 1.807) is 0 Å². The van der Waals surface area contributed by atoms with Gasteiger partial charge in [-0.05, 0) is 26.2 Å². The average molecular weight is 243 g/mol. The molecule has 0 aromatic rings. The molecule has 5 nitrogen and oxygen atoms in total. The van der Waals surface area contributed by atoms with Crippen molar-refractivity contribution >= 4 is 5.84 Å². The van der Waals surface area contributed by atoms with Crippen molar-refractivity contribution in [3.05, 3.63) is 0 Å². The van der Waals surface area contributed by atoms with E-state index in [1.807, 2.05) is 6.92 Å². The number of piperidine rings is 1. The number of amidine groups is 1. The van der Waals surface area contributed by atoms with Crippen molar-refractivity contribution in [1.82, 2.24) is 4.90 Å². The number of nitrogens with two attached hydrogens (primary N) is 1. The second-order valence-electron chi connectivity index (χ2n) is 4.55. The Morgan fingerprint density at radius 3 is 2.59 bits per heavy atom. The Hall–Kier alpha value is -0.810. The third-order valence-electron chi connectivity index (χ3n) is 3.44. The Labute approximate surface area is 104 Å². The predicted octanol–water partition coefficient (Wildman–Crippen LogP) is 1.40. The molecule has 0 bridgehead atoms. The zero-order valence-electron chi connectivity index (χ0n) is 10.9. The van der Waals surface area contributed by atoms with E-state index in [2.05, 4.69) is 17.0 Å². The Balaban J connectivity index is 2.39. The van der Waals surface area contributed by atoms with Crippen molar-refractivity contribution < 1.29 is 9.94 Å². The summed E-state index contributed by atoms with van der Waals surface area (Å²) in [5.41, 5.74) is 5.58. The van der Waals surface area contributed by atoms with Crippen molar-refractivity contribution in [2.75, 3.05) is 19.7 Å². The SMILES string of the molecule is CCOC1CCN(C(CC)C/C(N)=N/O)CC1. The number of nitrogens with zero attached hydrogens (tertiary/aromatic N) is 2. The fraction of sp³-hybridized carbons (Fsp3) is 0.917. The summed E-state index contributed by atoms with van der Waals surface area (Å²) in [6.45, 7) is 7.07. The maximum atomic E-state index is 8.61. The molecule has 1 fully saturated rings. The monoisotopic (exact) mass is 243 g/mol. The molecule has 0 aliphatic carbocycles. The quantitative estimate of drug-likeness (QED) is 0.320. The van der Waals surface area contributed by atoms with Gasteiger partial charge in [0.1, 0.15) is 5.84 Å². The summed E-state index contributed by atoms with van der Waals surface area (Å²) in [5, 5.41) is 11.7. The molecule has 0 radical (unpaired) electrons. The second kappa shape index (κ2) is 7.50. The van der Waals surface area contributed by atoms with Crippen LogP contribution in [0.3, 0.4) is 0 Å². The van der Waals surface area contributed by atoms with Crippen LogP contribution in [0.4, 0.5) is 0 Å². The molecular weight excluding hydrogens is 218 g/mol. The number of ether oxygens (including phenoxy) is 1. The highest BCUT2D eigenvalue weighted by Crippen LogP contribution is 2.19. The lowest BCUT2D eigenvalue weighted by Crippen LogP contribution is -2.44. The Morgan fingerprint density at radius 2 is 2.12 bits per heavy atom. The normalized spacial score (nSPS) is 21.6. The van der Waals surface area contributed by atoms with Gasteiger partial charge in [-0.15, -0.1) is 0 Å². The van der Waals surface area contributed by atoms with Gasteiger partial charge in [-0.25, -0.2) is 0 Å². The first-order chi connectivity index (χ1) is 8.21. The molecule has 100 valence electrons. The molecule has 1 atom stereocenters. The molecule has 1 saturated heterocycles. The highest BCUT2D eigenvalue weighted by molar-refractivity contribution is 5.80. The molecule has 1 heterocycles. The third-order valence-corrected chi connectivity index (χ3v) is 3.44. The van der Waals surface area contributed by atoms with Gasteiger partial charge >= 0.3 is 0 Å². The summed E-state index contributed by atoms with van der Waals surface area (Å²) in [7, 11) is 0. The van der Waals surface area contributed by atoms with Gasteiger partial charge in [0.15, 0.2) is 0 Å². The molecule has 1 aliphatic rings. The van der Waals surface area contributed by atoms with Gasteiger partial charge < -0.3 is 15.7 Å². The van der Waals surface area contributed by atoms with Crippen LogP contribution in [-0.4, -0.2) is 47.8 Å². The van der Waals surface area contributed by atoms with Crippen molar-refractivity contribution in [2.24, 2.45) is 10.9 Å². The first-order valence-corrected chi connectivity index (χ1v) is 6.53. The van der Waals surface area contributed by atoms with Gasteiger partial charge in [-0.1, -0.05) is 12.1 Å². The Kier molecular flexibility index (Phi) is 6.29. The molecule has 0 saturated carbocycles. The molecule has 0 aromatic heterocycles. The van der Waals surface area contributed by atoms with Crippen LogP contribution in [0.2, 0.25) is 0 Å². The number of rotatable bonds is 6. The lowest BCUT2D eigenvalue weighted by atomic mass is 10.0. The minimum absolute atomic E-state index is 0.323. The third kappa shape index (κ3) is 4.52. The number of hydrogen-bond donors (Lipinski definition) is 2. The first-order valence-electron chi connectivity index (χ1n) is 6.53. The number of likely N-dealkylation sites (tertiary alicyclic amines) is 1. The first kappa shape index (κ1) is 14.3. The van der Waals surface area contributed by atoms with E-state index in [4.69, 9.17) is 15.7 Å². The molecule has 1 rings (SSSR count). The molecule has 3 N–H and O–H groups in total. The van der Waals surface area contributed by atoms with E-state index < -0.39 is 0 Å². The molecule has 0 amide bonds. The molecule has 1 unspecified atom stereocenters. The Bertz CT molecular complexity index is 238. The van der Waals surface area contributed by atoms with Crippen LogP contribution in [0.15, 0.2) is 5.16 Å². The maximum absolute atomic E-state index is 8.61. The maximum Gasteiger partial charge on any atom is 0.140 e. The van der Waals surface area contributed by atoms with Gasteiger partial charge in [0.2, 0.25) is 0 Å². The number of hydrogen-bond acceptors (Lipinski definition) is 4. The summed E-state index contributed by atoms with van der Waals surface area (Å²) in [4.78, 5) is 2.42. The van der Waals surface area contributed by atoms with Gasteiger partial charge in [-0.3, -0.25) is 4.90 Å². The molecule has 17 heavy (non-hydrogen) atoms. The van der Waals surface area contributed by atoms with Gasteiger partial charge in [0, 0.05) is 32.2 Å². The van der Waals surface area contributed by atoms with Crippen LogP contribution in [-0.2, 0) is 4.74 Å². The van der Waals surface area contributed by atoms with Crippen LogP contribution in [0.5, 0.6) is 0 Å². The zero-order chi connectivity index (χ0) is 12.7. The summed E-state index contributed by atoms with van der Waals surface area (Å²) in [5.74, 6) is 0.323. The predicted molar refractivity (Wildman–Crippen MR) is 68.3 cm³/mol. The molecule has 1 aliphatic heterocycles. The van der Waals surface area contributed by atoms with Crippen LogP contribution in [0, 0.1) is 0 Å². The van der Waals surface area contributed by atoms with E-state index in [9.17, 15) is 0 Å². The van der Waals surface area contributed by atoms with Gasteiger partial charge in [0.25, 0.3) is 0 Å². The van der Waals surface area contributed by atoms with E-state index in [0.29, 0.717) is 24.4 Å². The summed E-state index contributed by atoms with van der Waals surface area (Å²) < 4.78 is 5.63. The highest BCUT2D eigenvalue weighted by Gasteiger charge is 2.24. The summed E-state index contributed by atoms with van der Waals surface area (Å²) in [6, 6.07) is 0.383. The average Bonchev–Trinajstić information content (AvgIpc) is 2.37. The van der Waals surface area contributed by atoms with E-state index in [-0.39, 0.29) is 0 Å². The van der Waals surface area contributed by atoms with Gasteiger partial charge in [0.05, 0.1) is 6.10 Å². The molecule has 0 spiro atoms. The fourth-order valence-electron chi connectivity index (χ4n) is 2.46. The summed E-state index contributed by atoms with van der Waals surface area (Å²) >= 11 is 0. The summed E-state index contributed by atoms with van der Waals surface area (Å²) in [6.07, 6.45) is 4.25. The minimum Gasteiger partial charge on any atom is -0.409 e. The van der Waals surface area contributed by atoms with Crippen molar-refractivity contribution in [3.8, 4) is 0 Å². The van der Waals surface area contributed by atoms with E-state index >= 15 is 0 Å². The molecular formula is C12H25N3O2.